The molecule has 0 atom stereocenters. The maximum Gasteiger partial charge on any atom is 0.255 e. The van der Waals surface area contributed by atoms with Crippen molar-refractivity contribution >= 4 is 35.8 Å². The molecule has 0 bridgehead atoms. The Labute approximate surface area is 118 Å². The van der Waals surface area contributed by atoms with Gasteiger partial charge in [-0.1, -0.05) is 17.7 Å². The van der Waals surface area contributed by atoms with Crippen LogP contribution in [0.15, 0.2) is 41.3 Å². The lowest BCUT2D eigenvalue weighted by atomic mass is 10.2. The van der Waals surface area contributed by atoms with Crippen molar-refractivity contribution in [2.45, 2.75) is 4.90 Å². The average molecular weight is 300 g/mol. The maximum atomic E-state index is 13.6. The van der Waals surface area contributed by atoms with E-state index in [-0.39, 0.29) is 21.2 Å². The molecule has 0 saturated carbocycles. The topological polar surface area (TPSA) is 29.1 Å². The molecule has 98 valence electrons. The fourth-order valence-corrected chi connectivity index (χ4v) is 1.84. The van der Waals surface area contributed by atoms with E-state index in [1.807, 2.05) is 0 Å². The summed E-state index contributed by atoms with van der Waals surface area (Å²) in [5, 5.41) is 2.27. The molecule has 1 N–H and O–H groups in total. The van der Waals surface area contributed by atoms with Crippen molar-refractivity contribution in [2.24, 2.45) is 0 Å². The molecule has 2 aromatic rings. The molecule has 0 heterocycles. The summed E-state index contributed by atoms with van der Waals surface area (Å²) in [6.07, 6.45) is 0. The van der Waals surface area contributed by atoms with Crippen LogP contribution in [0, 0.1) is 11.6 Å². The van der Waals surface area contributed by atoms with Gasteiger partial charge in [0, 0.05) is 10.5 Å². The number of rotatable bonds is 2. The molecule has 0 aliphatic heterocycles. The third-order valence-corrected chi connectivity index (χ3v) is 3.04. The Hall–Kier alpha value is -1.59. The fraction of sp³-hybridized carbons (Fsp3) is 0. The van der Waals surface area contributed by atoms with Gasteiger partial charge in [0.25, 0.3) is 5.91 Å². The molecule has 0 aliphatic rings. The molecular weight excluding hydrogens is 292 g/mol. The first kappa shape index (κ1) is 13.8. The molecule has 0 spiro atoms. The third-order valence-electron chi connectivity index (χ3n) is 2.41. The van der Waals surface area contributed by atoms with E-state index < -0.39 is 17.5 Å². The first-order valence-electron chi connectivity index (χ1n) is 5.23. The molecule has 0 fully saturated rings. The highest BCUT2D eigenvalue weighted by Crippen LogP contribution is 2.23. The Morgan fingerprint density at radius 3 is 2.63 bits per heavy atom. The second-order valence-electron chi connectivity index (χ2n) is 3.72. The molecule has 0 aliphatic carbocycles. The van der Waals surface area contributed by atoms with Crippen LogP contribution in [0.4, 0.5) is 14.5 Å². The number of amides is 1. The van der Waals surface area contributed by atoms with Crippen molar-refractivity contribution in [1.29, 1.82) is 0 Å². The second kappa shape index (κ2) is 5.59. The highest BCUT2D eigenvalue weighted by molar-refractivity contribution is 7.80. The van der Waals surface area contributed by atoms with Crippen LogP contribution < -0.4 is 5.32 Å². The number of hydrogen-bond acceptors (Lipinski definition) is 2. The smallest absolute Gasteiger partial charge is 0.255 e. The van der Waals surface area contributed by atoms with Gasteiger partial charge in [-0.05, 0) is 30.3 Å². The zero-order valence-electron chi connectivity index (χ0n) is 9.45. The number of nitrogens with one attached hydrogen (secondary N) is 1. The Bertz CT molecular complexity index is 649. The van der Waals surface area contributed by atoms with Crippen LogP contribution in [0.3, 0.4) is 0 Å². The van der Waals surface area contributed by atoms with E-state index in [0.717, 1.165) is 6.07 Å². The van der Waals surface area contributed by atoms with Crippen LogP contribution in [-0.2, 0) is 0 Å². The standard InChI is InChI=1S/C13H8ClF2NOS/c14-8-2-1-3-10(12(8)16)17-13(18)7-4-5-9(15)11(19)6-7/h1-6,19H,(H,17,18). The fourth-order valence-electron chi connectivity index (χ4n) is 1.45. The van der Waals surface area contributed by atoms with E-state index in [4.69, 9.17) is 11.6 Å². The summed E-state index contributed by atoms with van der Waals surface area (Å²) in [5.74, 6) is -1.82. The van der Waals surface area contributed by atoms with Crippen molar-refractivity contribution in [2.75, 3.05) is 5.32 Å². The van der Waals surface area contributed by atoms with Gasteiger partial charge < -0.3 is 5.32 Å². The largest absolute Gasteiger partial charge is 0.319 e. The number of thiol groups is 1. The van der Waals surface area contributed by atoms with Crippen molar-refractivity contribution in [1.82, 2.24) is 0 Å². The lowest BCUT2D eigenvalue weighted by Crippen LogP contribution is -2.13. The maximum absolute atomic E-state index is 13.6. The molecule has 6 heteroatoms. The normalized spacial score (nSPS) is 10.3. The van der Waals surface area contributed by atoms with Gasteiger partial charge >= 0.3 is 0 Å². The second-order valence-corrected chi connectivity index (χ2v) is 4.61. The third kappa shape index (κ3) is 3.05. The molecule has 19 heavy (non-hydrogen) atoms. The minimum atomic E-state index is -0.717. The highest BCUT2D eigenvalue weighted by atomic mass is 35.5. The number of carbonyl (C=O) groups excluding carboxylic acids is 1. The van der Waals surface area contributed by atoms with E-state index in [1.54, 1.807) is 0 Å². The predicted octanol–water partition coefficient (Wildman–Crippen LogP) is 4.16. The molecule has 2 rings (SSSR count). The van der Waals surface area contributed by atoms with Crippen LogP contribution >= 0.6 is 24.2 Å². The molecule has 1 amide bonds. The van der Waals surface area contributed by atoms with Crippen molar-refractivity contribution < 1.29 is 13.6 Å². The highest BCUT2D eigenvalue weighted by Gasteiger charge is 2.12. The first-order chi connectivity index (χ1) is 8.99. The van der Waals surface area contributed by atoms with Crippen molar-refractivity contribution in [3.63, 3.8) is 0 Å². The monoisotopic (exact) mass is 299 g/mol. The predicted molar refractivity (Wildman–Crippen MR) is 73.0 cm³/mol. The lowest BCUT2D eigenvalue weighted by Gasteiger charge is -2.07. The zero-order chi connectivity index (χ0) is 14.0. The molecule has 0 radical (unpaired) electrons. The zero-order valence-corrected chi connectivity index (χ0v) is 11.1. The minimum absolute atomic E-state index is 0.0393. The van der Waals surface area contributed by atoms with Crippen molar-refractivity contribution in [3.05, 3.63) is 58.6 Å². The molecule has 0 unspecified atom stereocenters. The number of benzene rings is 2. The quantitative estimate of drug-likeness (QED) is 0.801. The summed E-state index contributed by atoms with van der Waals surface area (Å²) in [6, 6.07) is 7.92. The summed E-state index contributed by atoms with van der Waals surface area (Å²) >= 11 is 9.48. The van der Waals surface area contributed by atoms with Gasteiger partial charge in [-0.3, -0.25) is 4.79 Å². The molecular formula is C13H8ClF2NOS. The van der Waals surface area contributed by atoms with Gasteiger partial charge in [0.15, 0.2) is 5.82 Å². The summed E-state index contributed by atoms with van der Waals surface area (Å²) in [6.45, 7) is 0. The summed E-state index contributed by atoms with van der Waals surface area (Å²) in [5.41, 5.74) is 0.133. The van der Waals surface area contributed by atoms with Crippen molar-refractivity contribution in [3.8, 4) is 0 Å². The number of halogens is 3. The SMILES string of the molecule is O=C(Nc1cccc(Cl)c1F)c1ccc(F)c(S)c1. The van der Waals surface area contributed by atoms with Gasteiger partial charge in [0.1, 0.15) is 5.82 Å². The molecule has 0 saturated heterocycles. The van der Waals surface area contributed by atoms with Gasteiger partial charge in [-0.15, -0.1) is 12.6 Å². The van der Waals surface area contributed by atoms with Gasteiger partial charge in [-0.25, -0.2) is 8.78 Å². The number of carbonyl (C=O) groups is 1. The van der Waals surface area contributed by atoms with E-state index in [9.17, 15) is 13.6 Å². The van der Waals surface area contributed by atoms with Gasteiger partial charge in [0.05, 0.1) is 10.7 Å². The van der Waals surface area contributed by atoms with Crippen LogP contribution in [0.25, 0.3) is 0 Å². The van der Waals surface area contributed by atoms with Crippen LogP contribution in [-0.4, -0.2) is 5.91 Å². The Balaban J connectivity index is 2.26. The molecule has 2 aromatic carbocycles. The lowest BCUT2D eigenvalue weighted by molar-refractivity contribution is 0.102. The van der Waals surface area contributed by atoms with E-state index in [2.05, 4.69) is 17.9 Å². The van der Waals surface area contributed by atoms with E-state index in [0.29, 0.717) is 0 Å². The first-order valence-corrected chi connectivity index (χ1v) is 6.05. The Morgan fingerprint density at radius 2 is 1.95 bits per heavy atom. The number of hydrogen-bond donors (Lipinski definition) is 2. The van der Waals surface area contributed by atoms with E-state index >= 15 is 0 Å². The Morgan fingerprint density at radius 1 is 1.21 bits per heavy atom. The van der Waals surface area contributed by atoms with Crippen LogP contribution in [0.1, 0.15) is 10.4 Å². The molecule has 2 nitrogen and oxygen atoms in total. The van der Waals surface area contributed by atoms with E-state index in [1.165, 1.54) is 30.3 Å². The number of anilines is 1. The molecule has 0 aromatic heterocycles. The van der Waals surface area contributed by atoms with Crippen LogP contribution in [0.5, 0.6) is 0 Å². The summed E-state index contributed by atoms with van der Waals surface area (Å²) in [7, 11) is 0. The van der Waals surface area contributed by atoms with Gasteiger partial charge in [-0.2, -0.15) is 0 Å². The summed E-state index contributed by atoms with van der Waals surface area (Å²) in [4.78, 5) is 11.9. The average Bonchev–Trinajstić information content (AvgIpc) is 2.38. The summed E-state index contributed by atoms with van der Waals surface area (Å²) < 4.78 is 26.6. The minimum Gasteiger partial charge on any atom is -0.319 e. The van der Waals surface area contributed by atoms with Gasteiger partial charge in [0.2, 0.25) is 0 Å². The van der Waals surface area contributed by atoms with Crippen LogP contribution in [0.2, 0.25) is 5.02 Å². The Kier molecular flexibility index (Phi) is 4.07.